The maximum absolute atomic E-state index is 11.8. The normalized spacial score (nSPS) is 12.1. The zero-order valence-electron chi connectivity index (χ0n) is 12.9. The summed E-state index contributed by atoms with van der Waals surface area (Å²) in [4.78, 5) is 11.8. The van der Waals surface area contributed by atoms with Gasteiger partial charge in [-0.3, -0.25) is 4.79 Å². The fourth-order valence-electron chi connectivity index (χ4n) is 1.63. The zero-order chi connectivity index (χ0) is 16.0. The van der Waals surface area contributed by atoms with Crippen molar-refractivity contribution in [3.05, 3.63) is 22.7 Å². The van der Waals surface area contributed by atoms with Gasteiger partial charge in [0.1, 0.15) is 0 Å². The third kappa shape index (κ3) is 5.10. The summed E-state index contributed by atoms with van der Waals surface area (Å²) in [6.07, 6.45) is 0. The summed E-state index contributed by atoms with van der Waals surface area (Å²) in [5.74, 6) is 0.976. The molecular formula is C15H23ClN2O3. The molecule has 0 heterocycles. The van der Waals surface area contributed by atoms with E-state index < -0.39 is 0 Å². The van der Waals surface area contributed by atoms with Gasteiger partial charge in [0, 0.05) is 12.6 Å². The largest absolute Gasteiger partial charge is 0.493 e. The number of hydrogen-bond acceptors (Lipinski definition) is 4. The molecule has 0 radical (unpaired) electrons. The van der Waals surface area contributed by atoms with Crippen LogP contribution in [0.2, 0.25) is 5.02 Å². The molecule has 0 saturated heterocycles. The van der Waals surface area contributed by atoms with E-state index in [-0.39, 0.29) is 18.6 Å². The van der Waals surface area contributed by atoms with Crippen molar-refractivity contribution in [2.24, 2.45) is 11.7 Å². The van der Waals surface area contributed by atoms with E-state index in [0.29, 0.717) is 29.0 Å². The van der Waals surface area contributed by atoms with Crippen molar-refractivity contribution in [1.82, 2.24) is 5.32 Å². The van der Waals surface area contributed by atoms with Crippen LogP contribution in [-0.2, 0) is 11.3 Å². The number of nitrogens with one attached hydrogen (secondary N) is 1. The number of hydrogen-bond donors (Lipinski definition) is 2. The minimum Gasteiger partial charge on any atom is -0.493 e. The molecule has 0 fully saturated rings. The number of carbonyl (C=O) groups excluding carboxylic acids is 1. The van der Waals surface area contributed by atoms with Crippen molar-refractivity contribution in [1.29, 1.82) is 0 Å². The third-order valence-corrected chi connectivity index (χ3v) is 3.54. The smallest absolute Gasteiger partial charge is 0.258 e. The predicted octanol–water partition coefficient (Wildman–Crippen LogP) is 2.35. The molecule has 0 aliphatic rings. The van der Waals surface area contributed by atoms with Crippen LogP contribution >= 0.6 is 11.6 Å². The van der Waals surface area contributed by atoms with Crippen molar-refractivity contribution in [3.63, 3.8) is 0 Å². The molecule has 21 heavy (non-hydrogen) atoms. The van der Waals surface area contributed by atoms with E-state index in [0.717, 1.165) is 5.56 Å². The minimum atomic E-state index is -0.197. The van der Waals surface area contributed by atoms with Crippen LogP contribution in [0.15, 0.2) is 12.1 Å². The van der Waals surface area contributed by atoms with Gasteiger partial charge in [-0.2, -0.15) is 0 Å². The first-order valence-electron chi connectivity index (χ1n) is 6.87. The summed E-state index contributed by atoms with van der Waals surface area (Å²) in [6, 6.07) is 3.53. The summed E-state index contributed by atoms with van der Waals surface area (Å²) in [5, 5.41) is 3.24. The monoisotopic (exact) mass is 314 g/mol. The molecule has 0 aliphatic carbocycles. The molecule has 1 unspecified atom stereocenters. The first kappa shape index (κ1) is 17.6. The van der Waals surface area contributed by atoms with Crippen LogP contribution in [0.25, 0.3) is 0 Å². The highest BCUT2D eigenvalue weighted by Gasteiger charge is 2.15. The van der Waals surface area contributed by atoms with Crippen molar-refractivity contribution in [3.8, 4) is 11.5 Å². The molecule has 0 aliphatic heterocycles. The van der Waals surface area contributed by atoms with Gasteiger partial charge < -0.3 is 20.5 Å². The molecule has 1 amide bonds. The molecule has 0 bridgehead atoms. The summed E-state index contributed by atoms with van der Waals surface area (Å²) < 4.78 is 10.7. The van der Waals surface area contributed by atoms with E-state index in [1.807, 2.05) is 20.8 Å². The molecule has 3 N–H and O–H groups in total. The molecule has 1 atom stereocenters. The number of amides is 1. The molecule has 0 saturated carbocycles. The second-order valence-corrected chi connectivity index (χ2v) is 5.61. The molecule has 118 valence electrons. The Bertz CT molecular complexity index is 492. The summed E-state index contributed by atoms with van der Waals surface area (Å²) >= 11 is 6.14. The fourth-order valence-corrected chi connectivity index (χ4v) is 1.92. The molecule has 1 rings (SSSR count). The molecule has 1 aromatic rings. The number of methoxy groups -OCH3 is 1. The molecule has 0 aromatic heterocycles. The summed E-state index contributed by atoms with van der Waals surface area (Å²) in [7, 11) is 1.51. The number of ether oxygens (including phenoxy) is 2. The van der Waals surface area contributed by atoms with Gasteiger partial charge in [0.2, 0.25) is 0 Å². The lowest BCUT2D eigenvalue weighted by molar-refractivity contribution is -0.124. The second-order valence-electron chi connectivity index (χ2n) is 5.20. The molecule has 0 spiro atoms. The molecule has 6 heteroatoms. The Morgan fingerprint density at radius 1 is 1.38 bits per heavy atom. The van der Waals surface area contributed by atoms with E-state index in [9.17, 15) is 4.79 Å². The Balaban J connectivity index is 2.73. The Morgan fingerprint density at radius 2 is 2.05 bits per heavy atom. The lowest BCUT2D eigenvalue weighted by Crippen LogP contribution is -2.39. The van der Waals surface area contributed by atoms with E-state index >= 15 is 0 Å². The quantitative estimate of drug-likeness (QED) is 0.810. The summed E-state index contributed by atoms with van der Waals surface area (Å²) in [5.41, 5.74) is 6.41. The van der Waals surface area contributed by atoms with Gasteiger partial charge in [-0.1, -0.05) is 25.4 Å². The van der Waals surface area contributed by atoms with E-state index in [2.05, 4.69) is 5.32 Å². The van der Waals surface area contributed by atoms with Gasteiger partial charge in [0.15, 0.2) is 18.1 Å². The van der Waals surface area contributed by atoms with E-state index in [4.69, 9.17) is 26.8 Å². The van der Waals surface area contributed by atoms with Crippen molar-refractivity contribution in [2.45, 2.75) is 33.4 Å². The number of benzene rings is 1. The van der Waals surface area contributed by atoms with Gasteiger partial charge in [-0.05, 0) is 30.5 Å². The Hall–Kier alpha value is -1.46. The highest BCUT2D eigenvalue weighted by Crippen LogP contribution is 2.36. The van der Waals surface area contributed by atoms with Crippen LogP contribution in [0.5, 0.6) is 11.5 Å². The van der Waals surface area contributed by atoms with Crippen LogP contribution in [0.1, 0.15) is 26.3 Å². The van der Waals surface area contributed by atoms with Gasteiger partial charge in [-0.25, -0.2) is 0 Å². The van der Waals surface area contributed by atoms with Crippen LogP contribution < -0.4 is 20.5 Å². The number of nitrogens with two attached hydrogens (primary N) is 1. The molecular weight excluding hydrogens is 292 g/mol. The zero-order valence-corrected chi connectivity index (χ0v) is 13.7. The maximum atomic E-state index is 11.8. The highest BCUT2D eigenvalue weighted by molar-refractivity contribution is 6.32. The van der Waals surface area contributed by atoms with E-state index in [1.165, 1.54) is 7.11 Å². The van der Waals surface area contributed by atoms with Crippen LogP contribution in [-0.4, -0.2) is 25.7 Å². The molecule has 5 nitrogen and oxygen atoms in total. The number of carbonyl (C=O) groups is 1. The van der Waals surface area contributed by atoms with Gasteiger partial charge >= 0.3 is 0 Å². The standard InChI is InChI=1S/C15H23ClN2O3/c1-9(2)10(3)18-14(19)8-21-15-12(16)5-11(7-17)6-13(15)20-4/h5-6,9-10H,7-8,17H2,1-4H3,(H,18,19). The SMILES string of the molecule is COc1cc(CN)cc(Cl)c1OCC(=O)NC(C)C(C)C. The fraction of sp³-hybridized carbons (Fsp3) is 0.533. The van der Waals surface area contributed by atoms with Crippen LogP contribution in [0, 0.1) is 5.92 Å². The van der Waals surface area contributed by atoms with Gasteiger partial charge in [0.05, 0.1) is 12.1 Å². The Labute approximate surface area is 130 Å². The first-order valence-corrected chi connectivity index (χ1v) is 7.25. The number of rotatable bonds is 7. The average Bonchev–Trinajstić information content (AvgIpc) is 2.44. The van der Waals surface area contributed by atoms with Crippen molar-refractivity contribution < 1.29 is 14.3 Å². The topological polar surface area (TPSA) is 73.6 Å². The van der Waals surface area contributed by atoms with Crippen molar-refractivity contribution >= 4 is 17.5 Å². The maximum Gasteiger partial charge on any atom is 0.258 e. The lowest BCUT2D eigenvalue weighted by Gasteiger charge is -2.18. The first-order chi connectivity index (χ1) is 9.88. The average molecular weight is 315 g/mol. The predicted molar refractivity (Wildman–Crippen MR) is 83.8 cm³/mol. The Morgan fingerprint density at radius 3 is 2.57 bits per heavy atom. The number of halogens is 1. The second kappa shape index (κ2) is 8.10. The third-order valence-electron chi connectivity index (χ3n) is 3.26. The highest BCUT2D eigenvalue weighted by atomic mass is 35.5. The van der Waals surface area contributed by atoms with Crippen molar-refractivity contribution in [2.75, 3.05) is 13.7 Å². The van der Waals surface area contributed by atoms with E-state index in [1.54, 1.807) is 12.1 Å². The Kier molecular flexibility index (Phi) is 6.78. The molecule has 1 aromatic carbocycles. The lowest BCUT2D eigenvalue weighted by atomic mass is 10.1. The van der Waals surface area contributed by atoms with Gasteiger partial charge in [0.25, 0.3) is 5.91 Å². The van der Waals surface area contributed by atoms with Crippen LogP contribution in [0.3, 0.4) is 0 Å². The minimum absolute atomic E-state index is 0.0816. The summed E-state index contributed by atoms with van der Waals surface area (Å²) in [6.45, 7) is 6.26. The van der Waals surface area contributed by atoms with Gasteiger partial charge in [-0.15, -0.1) is 0 Å². The van der Waals surface area contributed by atoms with Crippen LogP contribution in [0.4, 0.5) is 0 Å².